The van der Waals surface area contributed by atoms with Crippen LogP contribution in [-0.2, 0) is 21.2 Å². The molecule has 0 saturated heterocycles. The van der Waals surface area contributed by atoms with Crippen LogP contribution in [0.3, 0.4) is 0 Å². The third kappa shape index (κ3) is 4.79. The van der Waals surface area contributed by atoms with Crippen LogP contribution in [0.1, 0.15) is 5.56 Å². The monoisotopic (exact) mass is 482 g/mol. The minimum absolute atomic E-state index is 0.0608. The van der Waals surface area contributed by atoms with Crippen LogP contribution >= 0.6 is 0 Å². The summed E-state index contributed by atoms with van der Waals surface area (Å²) in [6.07, 6.45) is -0.365. The number of sulfonamides is 1. The summed E-state index contributed by atoms with van der Waals surface area (Å²) < 4.78 is 45.1. The van der Waals surface area contributed by atoms with Gasteiger partial charge in [-0.3, -0.25) is 9.10 Å². The van der Waals surface area contributed by atoms with Crippen LogP contribution in [0.4, 0.5) is 5.69 Å². The molecule has 3 aromatic carbocycles. The van der Waals surface area contributed by atoms with E-state index in [1.165, 1.54) is 30.7 Å². The van der Waals surface area contributed by atoms with Crippen LogP contribution in [0, 0.1) is 0 Å². The minimum Gasteiger partial charge on any atom is -0.497 e. The van der Waals surface area contributed by atoms with Crippen LogP contribution in [0.2, 0.25) is 0 Å². The maximum absolute atomic E-state index is 13.8. The zero-order chi connectivity index (χ0) is 24.1. The number of methoxy groups -OCH3 is 2. The van der Waals surface area contributed by atoms with Gasteiger partial charge in [-0.25, -0.2) is 8.42 Å². The van der Waals surface area contributed by atoms with Crippen molar-refractivity contribution in [2.75, 3.05) is 31.6 Å². The first kappa shape index (κ1) is 23.4. The van der Waals surface area contributed by atoms with E-state index in [1.54, 1.807) is 30.3 Å². The molecule has 4 rings (SSSR count). The molecule has 9 heteroatoms. The van der Waals surface area contributed by atoms with Crippen LogP contribution < -0.4 is 23.8 Å². The van der Waals surface area contributed by atoms with E-state index in [4.69, 9.17) is 14.2 Å². The molecule has 8 nitrogen and oxygen atoms in total. The first-order valence-electron chi connectivity index (χ1n) is 10.8. The number of nitrogens with one attached hydrogen (secondary N) is 1. The molecule has 1 aliphatic rings. The van der Waals surface area contributed by atoms with Gasteiger partial charge in [-0.2, -0.15) is 0 Å². The normalized spacial score (nSPS) is 15.1. The van der Waals surface area contributed by atoms with Gasteiger partial charge >= 0.3 is 0 Å². The molecule has 1 atom stereocenters. The highest BCUT2D eigenvalue weighted by atomic mass is 32.2. The van der Waals surface area contributed by atoms with E-state index in [0.29, 0.717) is 30.2 Å². The number of hydrogen-bond acceptors (Lipinski definition) is 6. The van der Waals surface area contributed by atoms with Crippen molar-refractivity contribution in [1.82, 2.24) is 5.32 Å². The van der Waals surface area contributed by atoms with Crippen LogP contribution in [-0.4, -0.2) is 47.7 Å². The lowest BCUT2D eigenvalue weighted by Crippen LogP contribution is -2.51. The number of amides is 1. The molecule has 0 spiro atoms. The van der Waals surface area contributed by atoms with Gasteiger partial charge in [0.1, 0.15) is 22.1 Å². The van der Waals surface area contributed by atoms with Gasteiger partial charge in [0, 0.05) is 12.6 Å². The highest BCUT2D eigenvalue weighted by Gasteiger charge is 2.38. The van der Waals surface area contributed by atoms with Crippen molar-refractivity contribution in [2.24, 2.45) is 0 Å². The Morgan fingerprint density at radius 1 is 1.03 bits per heavy atom. The lowest BCUT2D eigenvalue weighted by Gasteiger charge is -2.35. The smallest absolute Gasteiger partial charge is 0.268 e. The van der Waals surface area contributed by atoms with Crippen LogP contribution in [0.5, 0.6) is 17.2 Å². The molecule has 0 aromatic heterocycles. The van der Waals surface area contributed by atoms with Gasteiger partial charge in [0.25, 0.3) is 15.9 Å². The van der Waals surface area contributed by atoms with Crippen molar-refractivity contribution in [3.63, 3.8) is 0 Å². The van der Waals surface area contributed by atoms with Crippen molar-refractivity contribution in [1.29, 1.82) is 0 Å². The Hall–Kier alpha value is -3.72. The topological polar surface area (TPSA) is 94.2 Å². The number of hydrogen-bond donors (Lipinski definition) is 1. The average Bonchev–Trinajstić information content (AvgIpc) is 2.88. The number of fused-ring (bicyclic) bond motifs is 1. The molecule has 0 bridgehead atoms. The highest BCUT2D eigenvalue weighted by Crippen LogP contribution is 2.39. The quantitative estimate of drug-likeness (QED) is 0.531. The van der Waals surface area contributed by atoms with E-state index < -0.39 is 16.1 Å². The summed E-state index contributed by atoms with van der Waals surface area (Å²) in [5.41, 5.74) is 1.44. The fourth-order valence-corrected chi connectivity index (χ4v) is 5.41. The summed E-state index contributed by atoms with van der Waals surface area (Å²) in [5, 5.41) is 2.85. The predicted octanol–water partition coefficient (Wildman–Crippen LogP) is 3.02. The van der Waals surface area contributed by atoms with Crippen LogP contribution in [0.15, 0.2) is 77.7 Å². The summed E-state index contributed by atoms with van der Waals surface area (Å²) in [7, 11) is -1.26. The molecule has 3 aromatic rings. The Labute approximate surface area is 199 Å². The van der Waals surface area contributed by atoms with Gasteiger partial charge in [-0.1, -0.05) is 42.5 Å². The molecule has 1 aliphatic heterocycles. The van der Waals surface area contributed by atoms with Crippen molar-refractivity contribution in [3.8, 4) is 17.2 Å². The summed E-state index contributed by atoms with van der Waals surface area (Å²) in [4.78, 5) is 12.9. The number of carbonyl (C=O) groups is 1. The SMILES string of the molecule is COc1ccc(OC)c(S(=O)(=O)N2CC(C(=O)NCCc3ccccc3)Oc3ccccc32)c1. The van der Waals surface area contributed by atoms with Gasteiger partial charge in [0.05, 0.1) is 26.5 Å². The second-order valence-electron chi connectivity index (χ2n) is 7.65. The maximum atomic E-state index is 13.8. The molecule has 1 unspecified atom stereocenters. The molecule has 0 saturated carbocycles. The summed E-state index contributed by atoms with van der Waals surface area (Å²) >= 11 is 0. The van der Waals surface area contributed by atoms with Gasteiger partial charge in [-0.05, 0) is 36.2 Å². The van der Waals surface area contributed by atoms with Crippen molar-refractivity contribution >= 4 is 21.6 Å². The molecule has 1 amide bonds. The van der Waals surface area contributed by atoms with E-state index in [1.807, 2.05) is 30.3 Å². The molecule has 34 heavy (non-hydrogen) atoms. The number of benzene rings is 3. The lowest BCUT2D eigenvalue weighted by atomic mass is 10.1. The van der Waals surface area contributed by atoms with Gasteiger partial charge in [0.2, 0.25) is 0 Å². The Balaban J connectivity index is 1.60. The van der Waals surface area contributed by atoms with Gasteiger partial charge in [-0.15, -0.1) is 0 Å². The third-order valence-corrected chi connectivity index (χ3v) is 7.32. The first-order valence-corrected chi connectivity index (χ1v) is 12.2. The van der Waals surface area contributed by atoms with Gasteiger partial charge < -0.3 is 19.5 Å². The number of ether oxygens (including phenoxy) is 3. The van der Waals surface area contributed by atoms with Crippen molar-refractivity contribution in [2.45, 2.75) is 17.4 Å². The maximum Gasteiger partial charge on any atom is 0.268 e. The molecule has 0 aliphatic carbocycles. The Bertz CT molecular complexity index is 1260. The lowest BCUT2D eigenvalue weighted by molar-refractivity contribution is -0.127. The Kier molecular flexibility index (Phi) is 6.93. The molecular weight excluding hydrogens is 456 g/mol. The number of anilines is 1. The Morgan fingerprint density at radius 2 is 1.76 bits per heavy atom. The number of carbonyl (C=O) groups excluding carboxylic acids is 1. The van der Waals surface area contributed by atoms with E-state index in [9.17, 15) is 13.2 Å². The predicted molar refractivity (Wildman–Crippen MR) is 128 cm³/mol. The average molecular weight is 483 g/mol. The van der Waals surface area contributed by atoms with E-state index in [2.05, 4.69) is 5.32 Å². The molecule has 1 heterocycles. The zero-order valence-corrected chi connectivity index (χ0v) is 19.7. The fraction of sp³-hybridized carbons (Fsp3) is 0.240. The highest BCUT2D eigenvalue weighted by molar-refractivity contribution is 7.93. The number of rotatable bonds is 8. The summed E-state index contributed by atoms with van der Waals surface area (Å²) in [6, 6.07) is 21.1. The second kappa shape index (κ2) is 10.0. The first-order chi connectivity index (χ1) is 16.4. The molecular formula is C25H26N2O6S. The Morgan fingerprint density at radius 3 is 2.50 bits per heavy atom. The number of para-hydroxylation sites is 2. The standard InChI is InChI=1S/C25H26N2O6S/c1-31-19-12-13-22(32-2)24(16-19)34(29,30)27-17-23(33-21-11-7-6-10-20(21)27)25(28)26-15-14-18-8-4-3-5-9-18/h3-13,16,23H,14-15,17H2,1-2H3,(H,26,28). The number of nitrogens with zero attached hydrogens (tertiary/aromatic N) is 1. The molecule has 0 radical (unpaired) electrons. The van der Waals surface area contributed by atoms with E-state index in [-0.39, 0.29) is 23.1 Å². The fourth-order valence-electron chi connectivity index (χ4n) is 3.76. The third-order valence-electron chi connectivity index (χ3n) is 5.52. The summed E-state index contributed by atoms with van der Waals surface area (Å²) in [6.45, 7) is 0.220. The molecule has 0 fully saturated rings. The van der Waals surface area contributed by atoms with E-state index >= 15 is 0 Å². The second-order valence-corrected chi connectivity index (χ2v) is 9.48. The molecule has 178 valence electrons. The largest absolute Gasteiger partial charge is 0.497 e. The van der Waals surface area contributed by atoms with E-state index in [0.717, 1.165) is 5.56 Å². The molecule has 1 N–H and O–H groups in total. The summed E-state index contributed by atoms with van der Waals surface area (Å²) in [5.74, 6) is 0.468. The van der Waals surface area contributed by atoms with Gasteiger partial charge in [0.15, 0.2) is 6.10 Å². The zero-order valence-electron chi connectivity index (χ0n) is 18.9. The van der Waals surface area contributed by atoms with Crippen LogP contribution in [0.25, 0.3) is 0 Å². The van der Waals surface area contributed by atoms with Crippen molar-refractivity contribution < 1.29 is 27.4 Å². The van der Waals surface area contributed by atoms with Crippen molar-refractivity contribution in [3.05, 3.63) is 78.4 Å². The minimum atomic E-state index is -4.11.